The average Bonchev–Trinajstić information content (AvgIpc) is 3.53. The maximum absolute atomic E-state index is 12.8. The lowest BCUT2D eigenvalue weighted by molar-refractivity contribution is 0.0790. The average molecular weight is 484 g/mol. The fourth-order valence-corrected chi connectivity index (χ4v) is 5.16. The van der Waals surface area contributed by atoms with Gasteiger partial charge in [0.15, 0.2) is 5.75 Å². The lowest BCUT2D eigenvalue weighted by Gasteiger charge is -2.27. The second-order valence-corrected chi connectivity index (χ2v) is 9.56. The van der Waals surface area contributed by atoms with Crippen LogP contribution in [0, 0.1) is 6.92 Å². The van der Waals surface area contributed by atoms with E-state index >= 15 is 0 Å². The van der Waals surface area contributed by atoms with Gasteiger partial charge in [-0.15, -0.1) is 0 Å². The number of nitrogens with zero attached hydrogens (tertiary/aromatic N) is 1. The maximum Gasteiger partial charge on any atom is 0.257 e. The molecule has 34 heavy (non-hydrogen) atoms. The number of furan rings is 1. The van der Waals surface area contributed by atoms with Gasteiger partial charge in [0.05, 0.1) is 17.3 Å². The predicted octanol–water partition coefficient (Wildman–Crippen LogP) is 4.16. The summed E-state index contributed by atoms with van der Waals surface area (Å²) in [5.74, 6) is 0.942. The largest absolute Gasteiger partial charge is 0.505 e. The summed E-state index contributed by atoms with van der Waals surface area (Å²) in [4.78, 5) is 39.4. The van der Waals surface area contributed by atoms with E-state index in [1.54, 1.807) is 34.9 Å². The van der Waals surface area contributed by atoms with Crippen molar-refractivity contribution in [1.29, 1.82) is 0 Å². The van der Waals surface area contributed by atoms with E-state index in [9.17, 15) is 19.5 Å². The van der Waals surface area contributed by atoms with Crippen molar-refractivity contribution in [3.8, 4) is 5.75 Å². The molecule has 9 heteroatoms. The topological polar surface area (TPSA) is 112 Å². The Balaban J connectivity index is 1.63. The number of phenolic OH excluding ortho intramolecular Hbond substituents is 1. The Morgan fingerprint density at radius 2 is 1.85 bits per heavy atom. The van der Waals surface area contributed by atoms with Crippen LogP contribution >= 0.6 is 11.8 Å². The van der Waals surface area contributed by atoms with Crippen LogP contribution in [0.3, 0.4) is 0 Å². The van der Waals surface area contributed by atoms with Crippen LogP contribution in [-0.4, -0.2) is 40.5 Å². The minimum absolute atomic E-state index is 0.0651. The molecule has 1 fully saturated rings. The summed E-state index contributed by atoms with van der Waals surface area (Å²) in [6, 6.07) is 8.17. The number of likely N-dealkylation sites (tertiary alicyclic amines) is 1. The van der Waals surface area contributed by atoms with Crippen molar-refractivity contribution in [3.63, 3.8) is 0 Å². The van der Waals surface area contributed by atoms with Crippen molar-refractivity contribution in [2.45, 2.75) is 44.4 Å². The number of rotatable bonds is 9. The first-order valence-corrected chi connectivity index (χ1v) is 12.7. The number of carbonyl (C=O) groups is 1. The lowest BCUT2D eigenvalue weighted by Crippen LogP contribution is -2.38. The molecule has 3 N–H and O–H groups in total. The van der Waals surface area contributed by atoms with Crippen molar-refractivity contribution >= 4 is 34.7 Å². The zero-order valence-electron chi connectivity index (χ0n) is 19.5. The van der Waals surface area contributed by atoms with Crippen molar-refractivity contribution in [3.05, 3.63) is 67.9 Å². The molecule has 3 aromatic rings. The molecular weight excluding hydrogens is 454 g/mol. The van der Waals surface area contributed by atoms with Crippen LogP contribution in [0.5, 0.6) is 5.75 Å². The molecule has 180 valence electrons. The van der Waals surface area contributed by atoms with Crippen LogP contribution in [0.25, 0.3) is 0 Å². The first-order valence-electron chi connectivity index (χ1n) is 11.4. The van der Waals surface area contributed by atoms with E-state index in [2.05, 4.69) is 10.6 Å². The second-order valence-electron chi connectivity index (χ2n) is 8.49. The van der Waals surface area contributed by atoms with Gasteiger partial charge in [-0.05, 0) is 56.7 Å². The van der Waals surface area contributed by atoms with Crippen LogP contribution in [0.1, 0.15) is 54.1 Å². The maximum atomic E-state index is 12.8. The summed E-state index contributed by atoms with van der Waals surface area (Å²) in [5, 5.41) is 17.0. The fourth-order valence-electron chi connectivity index (χ4n) is 4.35. The summed E-state index contributed by atoms with van der Waals surface area (Å²) in [5.41, 5.74) is -0.734. The van der Waals surface area contributed by atoms with E-state index in [-0.39, 0.29) is 45.6 Å². The molecule has 4 rings (SSSR count). The molecule has 2 atom stereocenters. The van der Waals surface area contributed by atoms with Gasteiger partial charge in [-0.25, -0.2) is 0 Å². The Kier molecular flexibility index (Phi) is 7.02. The highest BCUT2D eigenvalue weighted by Gasteiger charge is 2.30. The summed E-state index contributed by atoms with van der Waals surface area (Å²) in [6.07, 6.45) is 4.68. The molecule has 0 aliphatic carbocycles. The quantitative estimate of drug-likeness (QED) is 0.307. The molecule has 8 nitrogen and oxygen atoms in total. The smallest absolute Gasteiger partial charge is 0.257 e. The number of hydrogen-bond acceptors (Lipinski definition) is 8. The molecule has 1 saturated heterocycles. The van der Waals surface area contributed by atoms with Gasteiger partial charge in [0.25, 0.3) is 16.8 Å². The van der Waals surface area contributed by atoms with Crippen LogP contribution in [0.2, 0.25) is 0 Å². The van der Waals surface area contributed by atoms with Crippen LogP contribution in [0.4, 0.5) is 17.1 Å². The monoisotopic (exact) mass is 483 g/mol. The highest BCUT2D eigenvalue weighted by molar-refractivity contribution is 7.99. The standard InChI is InChI=1S/C25H29N3O5S/c1-4-18(34-3)19(17-11-10-14(2)33-17)27-21-20(23(30)24(21)31)26-16-9-7-8-15(22(16)29)25(32)28-12-5-6-13-28/h7-11,18-19,26-27,29H,4-6,12-13H2,1-3H3. The molecule has 0 spiro atoms. The van der Waals surface area contributed by atoms with Crippen molar-refractivity contribution in [2.75, 3.05) is 30.0 Å². The molecule has 1 aromatic heterocycles. The minimum atomic E-state index is -0.676. The number of anilines is 3. The van der Waals surface area contributed by atoms with Gasteiger partial charge in [-0.3, -0.25) is 14.4 Å². The summed E-state index contributed by atoms with van der Waals surface area (Å²) in [7, 11) is 0. The van der Waals surface area contributed by atoms with E-state index in [1.807, 2.05) is 32.2 Å². The molecule has 2 unspecified atom stereocenters. The van der Waals surface area contributed by atoms with Crippen molar-refractivity contribution < 1.29 is 14.3 Å². The number of para-hydroxylation sites is 1. The van der Waals surface area contributed by atoms with Crippen LogP contribution < -0.4 is 21.5 Å². The Morgan fingerprint density at radius 3 is 2.47 bits per heavy atom. The SMILES string of the molecule is CCC(SC)C(Nc1c(Nc2cccc(C(=O)N3CCCC3)c2O)c(=O)c1=O)c1ccc(C)o1. The number of nitrogens with one attached hydrogen (secondary N) is 2. The Hall–Kier alpha value is -3.20. The van der Waals surface area contributed by atoms with Gasteiger partial charge < -0.3 is 25.1 Å². The number of aryl methyl sites for hydroxylation is 1. The van der Waals surface area contributed by atoms with Gasteiger partial charge in [-0.1, -0.05) is 13.0 Å². The Bertz CT molecular complexity index is 1250. The van der Waals surface area contributed by atoms with Gasteiger partial charge in [-0.2, -0.15) is 11.8 Å². The molecule has 0 radical (unpaired) electrons. The third kappa shape index (κ3) is 4.44. The van der Waals surface area contributed by atoms with Gasteiger partial charge in [0, 0.05) is 18.3 Å². The number of benzene rings is 1. The molecule has 0 bridgehead atoms. The molecule has 2 aromatic carbocycles. The number of hydrogen-bond donors (Lipinski definition) is 3. The fraction of sp³-hybridized carbons (Fsp3) is 0.400. The van der Waals surface area contributed by atoms with Gasteiger partial charge in [0.2, 0.25) is 0 Å². The first kappa shape index (κ1) is 23.9. The van der Waals surface area contributed by atoms with E-state index < -0.39 is 10.9 Å². The zero-order valence-corrected chi connectivity index (χ0v) is 20.3. The number of carbonyl (C=O) groups excluding carboxylic acids is 1. The molecule has 0 saturated carbocycles. The third-order valence-corrected chi connectivity index (χ3v) is 7.49. The van der Waals surface area contributed by atoms with Gasteiger partial charge >= 0.3 is 0 Å². The highest BCUT2D eigenvalue weighted by atomic mass is 32.2. The summed E-state index contributed by atoms with van der Waals surface area (Å²) >= 11 is 1.64. The van der Waals surface area contributed by atoms with E-state index in [0.29, 0.717) is 18.8 Å². The molecule has 1 amide bonds. The summed E-state index contributed by atoms with van der Waals surface area (Å²) < 4.78 is 5.83. The third-order valence-electron chi connectivity index (χ3n) is 6.27. The Labute approximate surface area is 202 Å². The number of amides is 1. The molecule has 1 aliphatic rings. The number of phenols is 1. The zero-order chi connectivity index (χ0) is 24.4. The molecular formula is C25H29N3O5S. The summed E-state index contributed by atoms with van der Waals surface area (Å²) in [6.45, 7) is 5.21. The van der Waals surface area contributed by atoms with Gasteiger partial charge in [0.1, 0.15) is 22.9 Å². The normalized spacial score (nSPS) is 15.4. The van der Waals surface area contributed by atoms with Crippen molar-refractivity contribution in [1.82, 2.24) is 4.90 Å². The Morgan fingerprint density at radius 1 is 1.15 bits per heavy atom. The van der Waals surface area contributed by atoms with Crippen LogP contribution in [0.15, 0.2) is 44.3 Å². The predicted molar refractivity (Wildman–Crippen MR) is 135 cm³/mol. The van der Waals surface area contributed by atoms with Crippen LogP contribution in [-0.2, 0) is 0 Å². The molecule has 2 heterocycles. The lowest BCUT2D eigenvalue weighted by atomic mass is 10.1. The van der Waals surface area contributed by atoms with Crippen molar-refractivity contribution in [2.24, 2.45) is 0 Å². The minimum Gasteiger partial charge on any atom is -0.505 e. The van der Waals surface area contributed by atoms with E-state index in [4.69, 9.17) is 4.42 Å². The second kappa shape index (κ2) is 9.97. The first-order chi connectivity index (χ1) is 16.3. The van der Waals surface area contributed by atoms with E-state index in [1.165, 1.54) is 0 Å². The molecule has 1 aliphatic heterocycles. The van der Waals surface area contributed by atoms with E-state index in [0.717, 1.165) is 25.0 Å². The number of aromatic hydroxyl groups is 1. The highest BCUT2D eigenvalue weighted by Crippen LogP contribution is 2.36. The number of thioether (sulfide) groups is 1.